The van der Waals surface area contributed by atoms with E-state index in [0.29, 0.717) is 6.54 Å². The number of Topliss-reactive ketones (excluding diaryl/α,β-unsaturated/α-hetero) is 1. The summed E-state index contributed by atoms with van der Waals surface area (Å²) in [7, 11) is 0. The molecule has 6 heteroatoms. The number of nitrogens with one attached hydrogen (secondary N) is 1. The molecule has 84 valence electrons. The highest BCUT2D eigenvalue weighted by Gasteiger charge is 2.29. The van der Waals surface area contributed by atoms with Crippen LogP contribution in [0.1, 0.15) is 6.92 Å². The highest BCUT2D eigenvalue weighted by Crippen LogP contribution is 2.00. The number of aliphatic hydroxyl groups excluding tert-OH is 4. The molecule has 0 radical (unpaired) electrons. The van der Waals surface area contributed by atoms with Crippen molar-refractivity contribution in [3.63, 3.8) is 0 Å². The Labute approximate surface area is 82.2 Å². The van der Waals surface area contributed by atoms with Gasteiger partial charge in [-0.15, -0.1) is 0 Å². The van der Waals surface area contributed by atoms with E-state index in [9.17, 15) is 9.90 Å². The Kier molecular flexibility index (Phi) is 6.60. The van der Waals surface area contributed by atoms with Gasteiger partial charge in [-0.1, -0.05) is 6.92 Å². The maximum Gasteiger partial charge on any atom is 0.177 e. The molecule has 0 aliphatic heterocycles. The largest absolute Gasteiger partial charge is 0.394 e. The Morgan fingerprint density at radius 1 is 1.36 bits per heavy atom. The van der Waals surface area contributed by atoms with Gasteiger partial charge in [-0.25, -0.2) is 0 Å². The molecular weight excluding hydrogens is 190 g/mol. The highest BCUT2D eigenvalue weighted by molar-refractivity contribution is 5.85. The van der Waals surface area contributed by atoms with Crippen molar-refractivity contribution in [2.45, 2.75) is 25.2 Å². The number of carbonyl (C=O) groups is 1. The van der Waals surface area contributed by atoms with E-state index in [2.05, 4.69) is 5.32 Å². The van der Waals surface area contributed by atoms with Gasteiger partial charge in [0.05, 0.1) is 13.2 Å². The van der Waals surface area contributed by atoms with E-state index < -0.39 is 30.7 Å². The molecule has 14 heavy (non-hydrogen) atoms. The van der Waals surface area contributed by atoms with Gasteiger partial charge in [0.15, 0.2) is 5.78 Å². The van der Waals surface area contributed by atoms with E-state index in [-0.39, 0.29) is 6.54 Å². The molecule has 0 aliphatic carbocycles. The zero-order chi connectivity index (χ0) is 11.1. The fourth-order valence-electron chi connectivity index (χ4n) is 0.862. The summed E-state index contributed by atoms with van der Waals surface area (Å²) in [5.41, 5.74) is 0. The third kappa shape index (κ3) is 4.12. The number of hydrogen-bond donors (Lipinski definition) is 5. The number of likely N-dealkylation sites (N-methyl/N-ethyl adjacent to an activating group) is 1. The van der Waals surface area contributed by atoms with Gasteiger partial charge < -0.3 is 25.7 Å². The van der Waals surface area contributed by atoms with Crippen LogP contribution in [0.25, 0.3) is 0 Å². The quantitative estimate of drug-likeness (QED) is 0.309. The molecule has 0 rings (SSSR count). The molecule has 0 bridgehead atoms. The second-order valence-electron chi connectivity index (χ2n) is 2.93. The van der Waals surface area contributed by atoms with Crippen LogP contribution in [0.3, 0.4) is 0 Å². The molecular formula is C8H17NO5. The van der Waals surface area contributed by atoms with Crippen LogP contribution in [0.2, 0.25) is 0 Å². The third-order valence-corrected chi connectivity index (χ3v) is 1.78. The molecule has 0 aliphatic rings. The third-order valence-electron chi connectivity index (χ3n) is 1.78. The molecule has 6 nitrogen and oxygen atoms in total. The van der Waals surface area contributed by atoms with Crippen molar-refractivity contribution in [2.24, 2.45) is 0 Å². The first-order valence-electron chi connectivity index (χ1n) is 4.43. The minimum Gasteiger partial charge on any atom is -0.394 e. The van der Waals surface area contributed by atoms with E-state index in [1.54, 1.807) is 6.92 Å². The summed E-state index contributed by atoms with van der Waals surface area (Å²) in [6.07, 6.45) is -4.82. The Morgan fingerprint density at radius 2 is 1.93 bits per heavy atom. The lowest BCUT2D eigenvalue weighted by Crippen LogP contribution is -2.46. The molecule has 0 aromatic rings. The van der Waals surface area contributed by atoms with Crippen LogP contribution in [-0.4, -0.2) is 64.2 Å². The molecule has 0 amide bonds. The van der Waals surface area contributed by atoms with Gasteiger partial charge in [0, 0.05) is 0 Å². The van der Waals surface area contributed by atoms with Crippen LogP contribution in [-0.2, 0) is 4.79 Å². The second kappa shape index (κ2) is 6.86. The molecule has 0 saturated carbocycles. The fourth-order valence-corrected chi connectivity index (χ4v) is 0.862. The van der Waals surface area contributed by atoms with Gasteiger partial charge in [-0.2, -0.15) is 0 Å². The summed E-state index contributed by atoms with van der Waals surface area (Å²) in [5.74, 6) is -0.619. The predicted molar refractivity (Wildman–Crippen MR) is 48.7 cm³/mol. The van der Waals surface area contributed by atoms with Crippen LogP contribution in [0.15, 0.2) is 0 Å². The number of hydrogen-bond acceptors (Lipinski definition) is 6. The van der Waals surface area contributed by atoms with Crippen molar-refractivity contribution < 1.29 is 25.2 Å². The first kappa shape index (κ1) is 13.5. The zero-order valence-electron chi connectivity index (χ0n) is 8.05. The normalized spacial score (nSPS) is 17.5. The Morgan fingerprint density at radius 3 is 2.36 bits per heavy atom. The SMILES string of the molecule is CCNCC(=O)[C@@H](O)[C@H](O)[C@H](O)CO. The van der Waals surface area contributed by atoms with E-state index in [1.807, 2.05) is 0 Å². The average molecular weight is 207 g/mol. The number of rotatable bonds is 7. The Hall–Kier alpha value is -0.530. The van der Waals surface area contributed by atoms with Gasteiger partial charge in [-0.05, 0) is 6.54 Å². The van der Waals surface area contributed by atoms with E-state index in [4.69, 9.17) is 15.3 Å². The maximum absolute atomic E-state index is 11.1. The molecule has 0 spiro atoms. The van der Waals surface area contributed by atoms with Crippen LogP contribution in [0, 0.1) is 0 Å². The van der Waals surface area contributed by atoms with Crippen molar-refractivity contribution in [1.29, 1.82) is 0 Å². The molecule has 0 aromatic carbocycles. The van der Waals surface area contributed by atoms with E-state index in [1.165, 1.54) is 0 Å². The molecule has 3 atom stereocenters. The summed E-state index contributed by atoms with van der Waals surface area (Å²) in [6.45, 7) is 1.58. The summed E-state index contributed by atoms with van der Waals surface area (Å²) in [5, 5.41) is 38.4. The first-order valence-corrected chi connectivity index (χ1v) is 4.43. The maximum atomic E-state index is 11.1. The van der Waals surface area contributed by atoms with E-state index >= 15 is 0 Å². The first-order chi connectivity index (χ1) is 6.54. The van der Waals surface area contributed by atoms with Crippen molar-refractivity contribution in [2.75, 3.05) is 19.7 Å². The van der Waals surface area contributed by atoms with Crippen LogP contribution in [0.4, 0.5) is 0 Å². The second-order valence-corrected chi connectivity index (χ2v) is 2.93. The summed E-state index contributed by atoms with van der Waals surface area (Å²) >= 11 is 0. The number of aliphatic hydroxyl groups is 4. The van der Waals surface area contributed by atoms with Gasteiger partial charge in [0.2, 0.25) is 0 Å². The van der Waals surface area contributed by atoms with Gasteiger partial charge in [0.1, 0.15) is 18.3 Å². The van der Waals surface area contributed by atoms with Crippen molar-refractivity contribution in [1.82, 2.24) is 5.32 Å². The lowest BCUT2D eigenvalue weighted by molar-refractivity contribution is -0.139. The zero-order valence-corrected chi connectivity index (χ0v) is 8.05. The van der Waals surface area contributed by atoms with Gasteiger partial charge in [0.25, 0.3) is 0 Å². The lowest BCUT2D eigenvalue weighted by Gasteiger charge is -2.20. The summed E-state index contributed by atoms with van der Waals surface area (Å²) < 4.78 is 0. The van der Waals surface area contributed by atoms with Crippen LogP contribution >= 0.6 is 0 Å². The van der Waals surface area contributed by atoms with Gasteiger partial charge in [-0.3, -0.25) is 4.79 Å². The highest BCUT2D eigenvalue weighted by atomic mass is 16.4. The molecule has 5 N–H and O–H groups in total. The van der Waals surface area contributed by atoms with Crippen molar-refractivity contribution in [3.05, 3.63) is 0 Å². The standard InChI is InChI=1S/C8H17NO5/c1-2-9-3-5(11)7(13)8(14)6(12)4-10/h6-10,12-14H,2-4H2,1H3/t6-,7-,8-/m1/s1. The van der Waals surface area contributed by atoms with E-state index in [0.717, 1.165) is 0 Å². The summed E-state index contributed by atoms with van der Waals surface area (Å²) in [4.78, 5) is 11.1. The molecule has 0 unspecified atom stereocenters. The molecule has 0 aromatic heterocycles. The summed E-state index contributed by atoms with van der Waals surface area (Å²) in [6, 6.07) is 0. The predicted octanol–water partition coefficient (Wildman–Crippen LogP) is -2.76. The lowest BCUT2D eigenvalue weighted by atomic mass is 10.0. The smallest absolute Gasteiger partial charge is 0.177 e. The molecule has 0 saturated heterocycles. The minimum atomic E-state index is -1.67. The Balaban J connectivity index is 4.03. The van der Waals surface area contributed by atoms with Crippen LogP contribution < -0.4 is 5.32 Å². The topological polar surface area (TPSA) is 110 Å². The van der Waals surface area contributed by atoms with Crippen molar-refractivity contribution >= 4 is 5.78 Å². The molecule has 0 heterocycles. The fraction of sp³-hybridized carbons (Fsp3) is 0.875. The Bertz CT molecular complexity index is 175. The number of ketones is 1. The monoisotopic (exact) mass is 207 g/mol. The number of carbonyl (C=O) groups excluding carboxylic acids is 1. The average Bonchev–Trinajstić information content (AvgIpc) is 2.22. The van der Waals surface area contributed by atoms with Crippen molar-refractivity contribution in [3.8, 4) is 0 Å². The molecule has 0 fully saturated rings. The minimum absolute atomic E-state index is 0.0765. The van der Waals surface area contributed by atoms with Gasteiger partial charge >= 0.3 is 0 Å². The van der Waals surface area contributed by atoms with Crippen LogP contribution in [0.5, 0.6) is 0 Å².